The zero-order valence-electron chi connectivity index (χ0n) is 7.55. The molecule has 0 aliphatic heterocycles. The Morgan fingerprint density at radius 1 is 1.45 bits per heavy atom. The van der Waals surface area contributed by atoms with Gasteiger partial charge in [-0.3, -0.25) is 4.79 Å². The Labute approximate surface area is 68.3 Å². The molecule has 0 bridgehead atoms. The van der Waals surface area contributed by atoms with Crippen LogP contribution in [0.25, 0.3) is 0 Å². The molecule has 0 heterocycles. The van der Waals surface area contributed by atoms with E-state index in [9.17, 15) is 4.79 Å². The molecule has 3 N–H and O–H groups in total. The fourth-order valence-electron chi connectivity index (χ4n) is 0.718. The third-order valence-electron chi connectivity index (χ3n) is 1.21. The van der Waals surface area contributed by atoms with Crippen molar-refractivity contribution in [3.8, 4) is 0 Å². The summed E-state index contributed by atoms with van der Waals surface area (Å²) >= 11 is 0. The van der Waals surface area contributed by atoms with E-state index in [4.69, 9.17) is 5.73 Å². The van der Waals surface area contributed by atoms with E-state index in [1.54, 1.807) is 0 Å². The van der Waals surface area contributed by atoms with Crippen LogP contribution in [0, 0.1) is 5.92 Å². The summed E-state index contributed by atoms with van der Waals surface area (Å²) in [5, 5.41) is 2.75. The van der Waals surface area contributed by atoms with Crippen LogP contribution >= 0.6 is 0 Å². The summed E-state index contributed by atoms with van der Waals surface area (Å²) in [4.78, 5) is 11.0. The van der Waals surface area contributed by atoms with Gasteiger partial charge in [-0.25, -0.2) is 0 Å². The second kappa shape index (κ2) is 5.13. The van der Waals surface area contributed by atoms with Crippen molar-refractivity contribution >= 4 is 5.91 Å². The number of carbonyl (C=O) groups excluding carboxylic acids is 1. The van der Waals surface area contributed by atoms with E-state index < -0.39 is 0 Å². The van der Waals surface area contributed by atoms with Crippen LogP contribution in [0.5, 0.6) is 0 Å². The molecule has 66 valence electrons. The van der Waals surface area contributed by atoms with Crippen LogP contribution in [0.2, 0.25) is 0 Å². The third kappa shape index (κ3) is 7.33. The van der Waals surface area contributed by atoms with Crippen molar-refractivity contribution in [1.29, 1.82) is 0 Å². The number of hydrogen-bond acceptors (Lipinski definition) is 2. The molecule has 0 aliphatic rings. The van der Waals surface area contributed by atoms with Crippen LogP contribution in [0.15, 0.2) is 0 Å². The van der Waals surface area contributed by atoms with Crippen LogP contribution in [-0.4, -0.2) is 18.5 Å². The molecular formula is C8H18N2O. The maximum absolute atomic E-state index is 11.0. The van der Waals surface area contributed by atoms with Crippen molar-refractivity contribution in [2.75, 3.05) is 6.54 Å². The Bertz CT molecular complexity index is 121. The topological polar surface area (TPSA) is 55.1 Å². The molecule has 0 aromatic rings. The van der Waals surface area contributed by atoms with Gasteiger partial charge in [0.2, 0.25) is 5.91 Å². The Balaban J connectivity index is 3.38. The molecule has 11 heavy (non-hydrogen) atoms. The fraction of sp³-hybridized carbons (Fsp3) is 0.875. The second-order valence-electron chi connectivity index (χ2n) is 3.38. The molecule has 0 saturated heterocycles. The van der Waals surface area contributed by atoms with E-state index in [0.717, 1.165) is 0 Å². The molecule has 0 spiro atoms. The van der Waals surface area contributed by atoms with E-state index in [1.165, 1.54) is 0 Å². The lowest BCUT2D eigenvalue weighted by molar-refractivity contribution is -0.121. The van der Waals surface area contributed by atoms with E-state index in [0.29, 0.717) is 18.9 Å². The molecule has 0 aromatic heterocycles. The van der Waals surface area contributed by atoms with E-state index in [1.807, 2.05) is 20.8 Å². The maximum Gasteiger partial charge on any atom is 0.220 e. The van der Waals surface area contributed by atoms with Crippen molar-refractivity contribution in [2.45, 2.75) is 33.2 Å². The monoisotopic (exact) mass is 158 g/mol. The van der Waals surface area contributed by atoms with E-state index in [2.05, 4.69) is 5.32 Å². The Hall–Kier alpha value is -0.570. The Morgan fingerprint density at radius 2 is 2.00 bits per heavy atom. The highest BCUT2D eigenvalue weighted by atomic mass is 16.1. The van der Waals surface area contributed by atoms with Crippen molar-refractivity contribution < 1.29 is 4.79 Å². The molecule has 0 aliphatic carbocycles. The average molecular weight is 158 g/mol. The van der Waals surface area contributed by atoms with Crippen molar-refractivity contribution in [1.82, 2.24) is 5.32 Å². The summed E-state index contributed by atoms with van der Waals surface area (Å²) in [7, 11) is 0. The number of hydrogen-bond donors (Lipinski definition) is 2. The Kier molecular flexibility index (Phi) is 4.86. The number of nitrogens with one attached hydrogen (secondary N) is 1. The quantitative estimate of drug-likeness (QED) is 0.626. The smallest absolute Gasteiger partial charge is 0.220 e. The van der Waals surface area contributed by atoms with Gasteiger partial charge in [0.25, 0.3) is 0 Å². The molecule has 0 saturated carbocycles. The van der Waals surface area contributed by atoms with E-state index >= 15 is 0 Å². The molecule has 0 fully saturated rings. The minimum atomic E-state index is 0.0473. The number of carbonyl (C=O) groups is 1. The minimum absolute atomic E-state index is 0.0473. The minimum Gasteiger partial charge on any atom is -0.355 e. The predicted octanol–water partition coefficient (Wildman–Crippen LogP) is 0.496. The summed E-state index contributed by atoms with van der Waals surface area (Å²) in [5.74, 6) is 0.514. The lowest BCUT2D eigenvalue weighted by atomic mass is 10.1. The first-order valence-corrected chi connectivity index (χ1v) is 4.04. The van der Waals surface area contributed by atoms with Gasteiger partial charge in [-0.2, -0.15) is 0 Å². The summed E-state index contributed by atoms with van der Waals surface area (Å²) < 4.78 is 0. The zero-order valence-corrected chi connectivity index (χ0v) is 7.55. The molecule has 3 heteroatoms. The van der Waals surface area contributed by atoms with Crippen molar-refractivity contribution in [3.05, 3.63) is 0 Å². The van der Waals surface area contributed by atoms with Gasteiger partial charge in [0.15, 0.2) is 0 Å². The van der Waals surface area contributed by atoms with Gasteiger partial charge in [0, 0.05) is 19.0 Å². The second-order valence-corrected chi connectivity index (χ2v) is 3.38. The molecule has 1 unspecified atom stereocenters. The predicted molar refractivity (Wildman–Crippen MR) is 46.1 cm³/mol. The first kappa shape index (κ1) is 10.4. The van der Waals surface area contributed by atoms with Crippen LogP contribution in [0.1, 0.15) is 27.2 Å². The first-order valence-electron chi connectivity index (χ1n) is 4.04. The van der Waals surface area contributed by atoms with Crippen LogP contribution < -0.4 is 11.1 Å². The maximum atomic E-state index is 11.0. The van der Waals surface area contributed by atoms with Gasteiger partial charge in [0.05, 0.1) is 0 Å². The molecule has 1 atom stereocenters. The van der Waals surface area contributed by atoms with Gasteiger partial charge >= 0.3 is 0 Å². The van der Waals surface area contributed by atoms with Crippen LogP contribution in [0.4, 0.5) is 0 Å². The van der Waals surface area contributed by atoms with Gasteiger partial charge in [0.1, 0.15) is 0 Å². The normalized spacial score (nSPS) is 13.2. The molecule has 0 radical (unpaired) electrons. The van der Waals surface area contributed by atoms with Gasteiger partial charge in [-0.05, 0) is 12.8 Å². The number of rotatable bonds is 4. The zero-order chi connectivity index (χ0) is 8.85. The Morgan fingerprint density at radius 3 is 2.36 bits per heavy atom. The third-order valence-corrected chi connectivity index (χ3v) is 1.21. The highest BCUT2D eigenvalue weighted by Crippen LogP contribution is 1.97. The lowest BCUT2D eigenvalue weighted by Gasteiger charge is -2.08. The highest BCUT2D eigenvalue weighted by Gasteiger charge is 2.03. The summed E-state index contributed by atoms with van der Waals surface area (Å²) in [6.45, 7) is 6.48. The molecule has 0 aromatic carbocycles. The van der Waals surface area contributed by atoms with E-state index in [-0.39, 0.29) is 11.9 Å². The van der Waals surface area contributed by atoms with Gasteiger partial charge in [-0.15, -0.1) is 0 Å². The SMILES string of the molecule is CC(C)CC(=O)NCC(C)N. The number of amides is 1. The standard InChI is InChI=1S/C8H18N2O/c1-6(2)4-8(11)10-5-7(3)9/h6-7H,4-5,9H2,1-3H3,(H,10,11). The highest BCUT2D eigenvalue weighted by molar-refractivity contribution is 5.76. The summed E-state index contributed by atoms with van der Waals surface area (Å²) in [5.41, 5.74) is 5.46. The van der Waals surface area contributed by atoms with Crippen molar-refractivity contribution in [2.24, 2.45) is 11.7 Å². The van der Waals surface area contributed by atoms with Crippen LogP contribution in [0.3, 0.4) is 0 Å². The van der Waals surface area contributed by atoms with Crippen molar-refractivity contribution in [3.63, 3.8) is 0 Å². The first-order chi connectivity index (χ1) is 5.02. The number of nitrogens with two attached hydrogens (primary N) is 1. The lowest BCUT2D eigenvalue weighted by Crippen LogP contribution is -2.35. The summed E-state index contributed by atoms with van der Waals surface area (Å²) in [6.07, 6.45) is 0.590. The largest absolute Gasteiger partial charge is 0.355 e. The molecule has 0 rings (SSSR count). The molecule has 1 amide bonds. The molecule has 3 nitrogen and oxygen atoms in total. The fourth-order valence-corrected chi connectivity index (χ4v) is 0.718. The van der Waals surface area contributed by atoms with Crippen LogP contribution in [-0.2, 0) is 4.79 Å². The van der Waals surface area contributed by atoms with Gasteiger partial charge < -0.3 is 11.1 Å². The molecular weight excluding hydrogens is 140 g/mol. The summed E-state index contributed by atoms with van der Waals surface area (Å²) in [6, 6.07) is 0.0473. The van der Waals surface area contributed by atoms with Gasteiger partial charge in [-0.1, -0.05) is 13.8 Å². The average Bonchev–Trinajstić information content (AvgIpc) is 1.82.